The Morgan fingerprint density at radius 1 is 1.24 bits per heavy atom. The number of likely N-dealkylation sites (N-methyl/N-ethyl adjacent to an activating group) is 1. The van der Waals surface area contributed by atoms with Crippen molar-refractivity contribution in [2.75, 3.05) is 24.5 Å². The number of fused-ring (bicyclic) bond motifs is 1. The van der Waals surface area contributed by atoms with Crippen molar-refractivity contribution in [1.82, 2.24) is 4.98 Å². The van der Waals surface area contributed by atoms with Gasteiger partial charge in [0.1, 0.15) is 0 Å². The number of benzene rings is 1. The minimum atomic E-state index is 0.679. The van der Waals surface area contributed by atoms with Crippen molar-refractivity contribution in [2.24, 2.45) is 5.73 Å². The van der Waals surface area contributed by atoms with E-state index < -0.39 is 0 Å². The summed E-state index contributed by atoms with van der Waals surface area (Å²) < 4.78 is 0. The third kappa shape index (κ3) is 2.56. The highest BCUT2D eigenvalue weighted by molar-refractivity contribution is 5.82. The summed E-state index contributed by atoms with van der Waals surface area (Å²) >= 11 is 0. The van der Waals surface area contributed by atoms with Crippen LogP contribution in [0.25, 0.3) is 10.9 Å². The molecule has 0 fully saturated rings. The minimum absolute atomic E-state index is 0.679. The van der Waals surface area contributed by atoms with E-state index in [2.05, 4.69) is 41.1 Å². The Labute approximate surface area is 102 Å². The summed E-state index contributed by atoms with van der Waals surface area (Å²) in [6, 6.07) is 10.6. The smallest absolute Gasteiger partial charge is 0.0706 e. The van der Waals surface area contributed by atoms with Crippen LogP contribution in [0.3, 0.4) is 0 Å². The molecular weight excluding hydrogens is 210 g/mol. The molecule has 0 unspecified atom stereocenters. The Kier molecular flexibility index (Phi) is 3.59. The van der Waals surface area contributed by atoms with Crippen molar-refractivity contribution < 1.29 is 0 Å². The molecule has 2 N–H and O–H groups in total. The molecule has 0 aliphatic heterocycles. The first-order chi connectivity index (χ1) is 8.24. The van der Waals surface area contributed by atoms with Gasteiger partial charge in [0.2, 0.25) is 0 Å². The van der Waals surface area contributed by atoms with Crippen molar-refractivity contribution in [1.29, 1.82) is 0 Å². The third-order valence-corrected chi connectivity index (χ3v) is 2.96. The molecule has 3 nitrogen and oxygen atoms in total. The highest BCUT2D eigenvalue weighted by atomic mass is 15.1. The van der Waals surface area contributed by atoms with Gasteiger partial charge in [-0.3, -0.25) is 4.98 Å². The number of nitrogens with two attached hydrogens (primary N) is 1. The molecule has 0 radical (unpaired) electrons. The van der Waals surface area contributed by atoms with Crippen molar-refractivity contribution >= 4 is 16.6 Å². The molecular formula is C14H19N3. The maximum Gasteiger partial charge on any atom is 0.0706 e. The largest absolute Gasteiger partial charge is 0.371 e. The molecule has 0 saturated carbocycles. The lowest BCUT2D eigenvalue weighted by molar-refractivity contribution is 0.817. The maximum atomic E-state index is 5.62. The molecule has 0 atom stereocenters. The molecule has 3 heteroatoms. The molecule has 0 saturated heterocycles. The molecule has 1 heterocycles. The molecule has 2 rings (SSSR count). The molecule has 0 amide bonds. The standard InChI is InChI=1S/C14H19N3/c1-3-17(9-8-15)13-6-7-14-12(10-13)5-4-11(2)16-14/h4-7,10H,3,8-9,15H2,1-2H3. The molecule has 1 aromatic heterocycles. The SMILES string of the molecule is CCN(CCN)c1ccc2nc(C)ccc2c1. The zero-order valence-corrected chi connectivity index (χ0v) is 10.5. The van der Waals surface area contributed by atoms with Crippen molar-refractivity contribution in [3.05, 3.63) is 36.0 Å². The summed E-state index contributed by atoms with van der Waals surface area (Å²) in [5, 5.41) is 1.18. The molecule has 17 heavy (non-hydrogen) atoms. The Hall–Kier alpha value is -1.61. The van der Waals surface area contributed by atoms with Gasteiger partial charge in [0.25, 0.3) is 0 Å². The molecule has 90 valence electrons. The van der Waals surface area contributed by atoms with Gasteiger partial charge in [-0.25, -0.2) is 0 Å². The highest BCUT2D eigenvalue weighted by Gasteiger charge is 2.04. The van der Waals surface area contributed by atoms with E-state index in [9.17, 15) is 0 Å². The molecule has 1 aromatic carbocycles. The molecule has 0 aliphatic rings. The first-order valence-corrected chi connectivity index (χ1v) is 6.07. The van der Waals surface area contributed by atoms with Crippen LogP contribution in [-0.2, 0) is 0 Å². The van der Waals surface area contributed by atoms with Crippen LogP contribution in [0.5, 0.6) is 0 Å². The zero-order valence-electron chi connectivity index (χ0n) is 10.5. The van der Waals surface area contributed by atoms with E-state index in [1.807, 2.05) is 13.0 Å². The molecule has 2 aromatic rings. The van der Waals surface area contributed by atoms with Gasteiger partial charge in [0.05, 0.1) is 5.52 Å². The van der Waals surface area contributed by atoms with E-state index >= 15 is 0 Å². The second-order valence-corrected chi connectivity index (χ2v) is 4.20. The quantitative estimate of drug-likeness (QED) is 0.875. The first kappa shape index (κ1) is 11.9. The summed E-state index contributed by atoms with van der Waals surface area (Å²) in [7, 11) is 0. The zero-order chi connectivity index (χ0) is 12.3. The average molecular weight is 229 g/mol. The summed E-state index contributed by atoms with van der Waals surface area (Å²) in [6.07, 6.45) is 0. The van der Waals surface area contributed by atoms with Crippen LogP contribution in [-0.4, -0.2) is 24.6 Å². The van der Waals surface area contributed by atoms with Crippen LogP contribution >= 0.6 is 0 Å². The van der Waals surface area contributed by atoms with Gasteiger partial charge in [-0.05, 0) is 38.1 Å². The van der Waals surface area contributed by atoms with Crippen molar-refractivity contribution in [2.45, 2.75) is 13.8 Å². The van der Waals surface area contributed by atoms with E-state index in [1.165, 1.54) is 11.1 Å². The lowest BCUT2D eigenvalue weighted by Gasteiger charge is -2.22. The number of rotatable bonds is 4. The lowest BCUT2D eigenvalue weighted by atomic mass is 10.1. The average Bonchev–Trinajstić information content (AvgIpc) is 2.35. The maximum absolute atomic E-state index is 5.62. The highest BCUT2D eigenvalue weighted by Crippen LogP contribution is 2.21. The summed E-state index contributed by atoms with van der Waals surface area (Å²) in [5.74, 6) is 0. The predicted molar refractivity (Wildman–Crippen MR) is 73.4 cm³/mol. The van der Waals surface area contributed by atoms with Crippen LogP contribution in [0.4, 0.5) is 5.69 Å². The number of aryl methyl sites for hydroxylation is 1. The lowest BCUT2D eigenvalue weighted by Crippen LogP contribution is -2.28. The topological polar surface area (TPSA) is 42.1 Å². The predicted octanol–water partition coefficient (Wildman–Crippen LogP) is 2.33. The Morgan fingerprint density at radius 3 is 2.76 bits per heavy atom. The van der Waals surface area contributed by atoms with Crippen LogP contribution in [0.1, 0.15) is 12.6 Å². The van der Waals surface area contributed by atoms with Crippen molar-refractivity contribution in [3.8, 4) is 0 Å². The van der Waals surface area contributed by atoms with Crippen molar-refractivity contribution in [3.63, 3.8) is 0 Å². The van der Waals surface area contributed by atoms with E-state index in [1.54, 1.807) is 0 Å². The number of aromatic nitrogens is 1. The van der Waals surface area contributed by atoms with E-state index in [0.29, 0.717) is 6.54 Å². The van der Waals surface area contributed by atoms with Gasteiger partial charge in [-0.2, -0.15) is 0 Å². The van der Waals surface area contributed by atoms with Gasteiger partial charge >= 0.3 is 0 Å². The van der Waals surface area contributed by atoms with Gasteiger partial charge in [-0.1, -0.05) is 6.07 Å². The summed E-state index contributed by atoms with van der Waals surface area (Å²) in [6.45, 7) is 6.70. The van der Waals surface area contributed by atoms with Crippen LogP contribution in [0.2, 0.25) is 0 Å². The fourth-order valence-electron chi connectivity index (χ4n) is 2.04. The number of hydrogen-bond acceptors (Lipinski definition) is 3. The third-order valence-electron chi connectivity index (χ3n) is 2.96. The normalized spacial score (nSPS) is 10.8. The number of anilines is 1. The Morgan fingerprint density at radius 2 is 2.06 bits per heavy atom. The van der Waals surface area contributed by atoms with Crippen LogP contribution in [0.15, 0.2) is 30.3 Å². The Bertz CT molecular complexity index is 508. The second kappa shape index (κ2) is 5.15. The van der Waals surface area contributed by atoms with E-state index in [0.717, 1.165) is 24.3 Å². The van der Waals surface area contributed by atoms with Gasteiger partial charge in [0, 0.05) is 36.4 Å². The number of pyridine rings is 1. The molecule has 0 bridgehead atoms. The van der Waals surface area contributed by atoms with Crippen LogP contribution < -0.4 is 10.6 Å². The van der Waals surface area contributed by atoms with Gasteiger partial charge < -0.3 is 10.6 Å². The summed E-state index contributed by atoms with van der Waals surface area (Å²) in [4.78, 5) is 6.78. The molecule has 0 spiro atoms. The fraction of sp³-hybridized carbons (Fsp3) is 0.357. The second-order valence-electron chi connectivity index (χ2n) is 4.20. The van der Waals surface area contributed by atoms with Gasteiger partial charge in [0.15, 0.2) is 0 Å². The molecule has 0 aliphatic carbocycles. The number of hydrogen-bond donors (Lipinski definition) is 1. The van der Waals surface area contributed by atoms with E-state index in [-0.39, 0.29) is 0 Å². The van der Waals surface area contributed by atoms with E-state index in [4.69, 9.17) is 5.73 Å². The van der Waals surface area contributed by atoms with Gasteiger partial charge in [-0.15, -0.1) is 0 Å². The Balaban J connectivity index is 2.40. The van der Waals surface area contributed by atoms with Crippen LogP contribution in [0, 0.1) is 6.92 Å². The monoisotopic (exact) mass is 229 g/mol. The fourth-order valence-corrected chi connectivity index (χ4v) is 2.04. The number of nitrogens with zero attached hydrogens (tertiary/aromatic N) is 2. The minimum Gasteiger partial charge on any atom is -0.371 e. The summed E-state index contributed by atoms with van der Waals surface area (Å²) in [5.41, 5.74) is 8.95. The first-order valence-electron chi connectivity index (χ1n) is 6.07.